The molecule has 2 aliphatic carbocycles. The predicted octanol–water partition coefficient (Wildman–Crippen LogP) is 0.440. The second-order valence-electron chi connectivity index (χ2n) is 6.09. The van der Waals surface area contributed by atoms with Crippen LogP contribution in [0.2, 0.25) is 0 Å². The number of hydrogen-bond donors (Lipinski definition) is 4. The zero-order valence-corrected chi connectivity index (χ0v) is 12.0. The average molecular weight is 297 g/mol. The molecule has 3 amide bonds. The zero-order chi connectivity index (χ0) is 15.4. The molecule has 1 unspecified atom stereocenters. The number of nitrogens with two attached hydrogens (primary N) is 1. The van der Waals surface area contributed by atoms with Crippen LogP contribution in [-0.2, 0) is 9.59 Å². The van der Waals surface area contributed by atoms with Crippen molar-refractivity contribution in [1.82, 2.24) is 10.6 Å². The first-order chi connectivity index (χ1) is 9.97. The van der Waals surface area contributed by atoms with E-state index in [0.29, 0.717) is 12.5 Å². The van der Waals surface area contributed by atoms with Crippen molar-refractivity contribution >= 4 is 17.9 Å². The third kappa shape index (κ3) is 5.24. The number of rotatable bonds is 9. The van der Waals surface area contributed by atoms with E-state index < -0.39 is 23.9 Å². The van der Waals surface area contributed by atoms with Gasteiger partial charge < -0.3 is 21.5 Å². The molecule has 118 valence electrons. The summed E-state index contributed by atoms with van der Waals surface area (Å²) in [7, 11) is 0. The maximum Gasteiger partial charge on any atom is 0.326 e. The van der Waals surface area contributed by atoms with E-state index in [9.17, 15) is 14.4 Å². The van der Waals surface area contributed by atoms with E-state index in [0.717, 1.165) is 11.8 Å². The molecule has 0 heterocycles. The molecule has 0 radical (unpaired) electrons. The van der Waals surface area contributed by atoms with Crippen LogP contribution >= 0.6 is 0 Å². The number of urea groups is 1. The van der Waals surface area contributed by atoms with Crippen LogP contribution in [0.15, 0.2) is 0 Å². The molecular formula is C14H23N3O4. The molecule has 21 heavy (non-hydrogen) atoms. The van der Waals surface area contributed by atoms with E-state index in [1.54, 1.807) is 0 Å². The van der Waals surface area contributed by atoms with Crippen LogP contribution in [0.4, 0.5) is 4.79 Å². The number of hydrogen-bond acceptors (Lipinski definition) is 3. The Balaban J connectivity index is 1.73. The Morgan fingerprint density at radius 2 is 1.71 bits per heavy atom. The van der Waals surface area contributed by atoms with Crippen LogP contribution in [-0.4, -0.2) is 35.6 Å². The van der Waals surface area contributed by atoms with Crippen molar-refractivity contribution in [2.45, 2.75) is 44.6 Å². The van der Waals surface area contributed by atoms with Crippen molar-refractivity contribution in [2.75, 3.05) is 6.54 Å². The number of aliphatic carboxylic acids is 1. The average Bonchev–Trinajstić information content (AvgIpc) is 3.25. The Hall–Kier alpha value is -1.79. The van der Waals surface area contributed by atoms with Gasteiger partial charge in [0.2, 0.25) is 5.91 Å². The molecule has 7 heteroatoms. The summed E-state index contributed by atoms with van der Waals surface area (Å²) in [4.78, 5) is 33.5. The molecule has 0 spiro atoms. The smallest absolute Gasteiger partial charge is 0.326 e. The quantitative estimate of drug-likeness (QED) is 0.493. The zero-order valence-electron chi connectivity index (χ0n) is 12.0. The van der Waals surface area contributed by atoms with Gasteiger partial charge in [-0.3, -0.25) is 4.79 Å². The molecule has 1 atom stereocenters. The standard InChI is InChI=1S/C14H23N3O4/c15-12(18)6-5-11(13(19)20)17-14(21)16-7-10(8-1-2-8)9-3-4-9/h8-11H,1-7H2,(H2,15,18)(H,19,20)(H2,16,17,21). The molecular weight excluding hydrogens is 274 g/mol. The molecule has 2 aliphatic rings. The number of amides is 3. The second kappa shape index (κ2) is 6.78. The minimum Gasteiger partial charge on any atom is -0.480 e. The van der Waals surface area contributed by atoms with Crippen molar-refractivity contribution in [3.05, 3.63) is 0 Å². The van der Waals surface area contributed by atoms with Gasteiger partial charge in [0.25, 0.3) is 0 Å². The maximum absolute atomic E-state index is 11.8. The summed E-state index contributed by atoms with van der Waals surface area (Å²) < 4.78 is 0. The van der Waals surface area contributed by atoms with Gasteiger partial charge in [0.1, 0.15) is 6.04 Å². The Morgan fingerprint density at radius 3 is 2.14 bits per heavy atom. The fraction of sp³-hybridized carbons (Fsp3) is 0.786. The van der Waals surface area contributed by atoms with Crippen LogP contribution in [0.3, 0.4) is 0 Å². The van der Waals surface area contributed by atoms with E-state index in [1.165, 1.54) is 25.7 Å². The Bertz CT molecular complexity index is 406. The highest BCUT2D eigenvalue weighted by atomic mass is 16.4. The van der Waals surface area contributed by atoms with Crippen LogP contribution in [0.25, 0.3) is 0 Å². The van der Waals surface area contributed by atoms with E-state index in [2.05, 4.69) is 10.6 Å². The largest absolute Gasteiger partial charge is 0.480 e. The summed E-state index contributed by atoms with van der Waals surface area (Å²) in [5, 5.41) is 14.2. The van der Waals surface area contributed by atoms with Crippen molar-refractivity contribution < 1.29 is 19.5 Å². The normalized spacial score (nSPS) is 19.1. The number of carboxylic acids is 1. The maximum atomic E-state index is 11.8. The van der Waals surface area contributed by atoms with Crippen LogP contribution in [0.1, 0.15) is 38.5 Å². The fourth-order valence-electron chi connectivity index (χ4n) is 2.73. The highest BCUT2D eigenvalue weighted by Gasteiger charge is 2.41. The monoisotopic (exact) mass is 297 g/mol. The minimum atomic E-state index is -1.16. The van der Waals surface area contributed by atoms with Gasteiger partial charge in [0, 0.05) is 13.0 Å². The number of carboxylic acid groups (broad SMARTS) is 1. The van der Waals surface area contributed by atoms with Gasteiger partial charge in [0.05, 0.1) is 0 Å². The van der Waals surface area contributed by atoms with Crippen LogP contribution in [0.5, 0.6) is 0 Å². The predicted molar refractivity (Wildman–Crippen MR) is 75.3 cm³/mol. The van der Waals surface area contributed by atoms with Gasteiger partial charge in [-0.15, -0.1) is 0 Å². The molecule has 0 aromatic carbocycles. The van der Waals surface area contributed by atoms with Gasteiger partial charge in [-0.2, -0.15) is 0 Å². The molecule has 0 bridgehead atoms. The Morgan fingerprint density at radius 1 is 1.14 bits per heavy atom. The Labute approximate surface area is 123 Å². The first-order valence-electron chi connectivity index (χ1n) is 7.53. The highest BCUT2D eigenvalue weighted by Crippen LogP contribution is 2.48. The lowest BCUT2D eigenvalue weighted by atomic mass is 9.98. The topological polar surface area (TPSA) is 122 Å². The second-order valence-corrected chi connectivity index (χ2v) is 6.09. The third-order valence-corrected chi connectivity index (χ3v) is 4.24. The van der Waals surface area contributed by atoms with Gasteiger partial charge in [-0.05, 0) is 49.9 Å². The van der Waals surface area contributed by atoms with Crippen molar-refractivity contribution in [2.24, 2.45) is 23.5 Å². The van der Waals surface area contributed by atoms with Gasteiger partial charge in [-0.1, -0.05) is 0 Å². The summed E-state index contributed by atoms with van der Waals surface area (Å²) in [6, 6.07) is -1.57. The van der Waals surface area contributed by atoms with Crippen molar-refractivity contribution in [1.29, 1.82) is 0 Å². The summed E-state index contributed by atoms with van der Waals surface area (Å²) in [5.41, 5.74) is 4.99. The number of primary amides is 1. The number of carbonyl (C=O) groups is 3. The number of nitrogens with one attached hydrogen (secondary N) is 2. The third-order valence-electron chi connectivity index (χ3n) is 4.24. The van der Waals surface area contributed by atoms with Crippen molar-refractivity contribution in [3.63, 3.8) is 0 Å². The molecule has 2 saturated carbocycles. The fourth-order valence-corrected chi connectivity index (χ4v) is 2.73. The first kappa shape index (κ1) is 15.6. The molecule has 0 aromatic rings. The van der Waals surface area contributed by atoms with Crippen LogP contribution in [0, 0.1) is 17.8 Å². The van der Waals surface area contributed by atoms with Gasteiger partial charge >= 0.3 is 12.0 Å². The summed E-state index contributed by atoms with van der Waals surface area (Å²) >= 11 is 0. The summed E-state index contributed by atoms with van der Waals surface area (Å²) in [6.07, 6.45) is 4.89. The molecule has 0 saturated heterocycles. The van der Waals surface area contributed by atoms with Crippen molar-refractivity contribution in [3.8, 4) is 0 Å². The van der Waals surface area contributed by atoms with E-state index in [-0.39, 0.29) is 12.8 Å². The van der Waals surface area contributed by atoms with Crippen LogP contribution < -0.4 is 16.4 Å². The van der Waals surface area contributed by atoms with E-state index in [1.807, 2.05) is 0 Å². The first-order valence-corrected chi connectivity index (χ1v) is 7.53. The highest BCUT2D eigenvalue weighted by molar-refractivity contribution is 5.83. The summed E-state index contributed by atoms with van der Waals surface area (Å²) in [5.74, 6) is 0.244. The van der Waals surface area contributed by atoms with Gasteiger partial charge in [-0.25, -0.2) is 9.59 Å². The van der Waals surface area contributed by atoms with E-state index in [4.69, 9.17) is 10.8 Å². The Kier molecular flexibility index (Phi) is 5.03. The molecule has 7 nitrogen and oxygen atoms in total. The minimum absolute atomic E-state index is 0.00671. The lowest BCUT2D eigenvalue weighted by Gasteiger charge is -2.18. The SMILES string of the molecule is NC(=O)CCC(NC(=O)NCC(C1CC1)C1CC1)C(=O)O. The lowest BCUT2D eigenvalue weighted by molar-refractivity contribution is -0.139. The molecule has 0 aliphatic heterocycles. The van der Waals surface area contributed by atoms with E-state index >= 15 is 0 Å². The molecule has 5 N–H and O–H groups in total. The molecule has 0 aromatic heterocycles. The molecule has 2 fully saturated rings. The molecule has 2 rings (SSSR count). The van der Waals surface area contributed by atoms with Gasteiger partial charge in [0.15, 0.2) is 0 Å². The summed E-state index contributed by atoms with van der Waals surface area (Å²) in [6.45, 7) is 0.601. The number of carbonyl (C=O) groups excluding carboxylic acids is 2. The lowest BCUT2D eigenvalue weighted by Crippen LogP contribution is -2.47.